The number of aryl methyl sites for hydroxylation is 1. The molecule has 0 aliphatic carbocycles. The van der Waals surface area contributed by atoms with Crippen molar-refractivity contribution < 1.29 is 9.52 Å². The SMILES string of the molecule is CCCCCc1cc(O)c2c3c(c(=O)oc2c1)CCN(Cc1ccccc1)C3.Cl. The summed E-state index contributed by atoms with van der Waals surface area (Å²) in [7, 11) is 0. The van der Waals surface area contributed by atoms with E-state index in [0.29, 0.717) is 29.5 Å². The van der Waals surface area contributed by atoms with Crippen molar-refractivity contribution in [1.29, 1.82) is 0 Å². The van der Waals surface area contributed by atoms with Crippen molar-refractivity contribution in [3.8, 4) is 5.75 Å². The maximum absolute atomic E-state index is 12.6. The van der Waals surface area contributed by atoms with Crippen LogP contribution in [0.5, 0.6) is 5.75 Å². The number of aromatic hydroxyl groups is 1. The van der Waals surface area contributed by atoms with Gasteiger partial charge in [0.1, 0.15) is 11.3 Å². The molecule has 4 rings (SSSR count). The fourth-order valence-corrected chi connectivity index (χ4v) is 4.18. The van der Waals surface area contributed by atoms with Crippen molar-refractivity contribution in [3.63, 3.8) is 0 Å². The second-order valence-electron chi connectivity index (χ2n) is 7.74. The number of fused-ring (bicyclic) bond motifs is 3. The smallest absolute Gasteiger partial charge is 0.339 e. The number of phenols is 1. The van der Waals surface area contributed by atoms with E-state index in [-0.39, 0.29) is 23.8 Å². The maximum atomic E-state index is 12.6. The number of rotatable bonds is 6. The van der Waals surface area contributed by atoms with Gasteiger partial charge in [-0.25, -0.2) is 4.79 Å². The van der Waals surface area contributed by atoms with Gasteiger partial charge in [-0.05, 0) is 48.1 Å². The summed E-state index contributed by atoms with van der Waals surface area (Å²) in [6.45, 7) is 4.46. The van der Waals surface area contributed by atoms with Crippen molar-refractivity contribution in [2.24, 2.45) is 0 Å². The summed E-state index contributed by atoms with van der Waals surface area (Å²) in [6.07, 6.45) is 4.92. The standard InChI is InChI=1S/C24H27NO3.ClH/c1-2-3-5-10-18-13-21(26)23-20-16-25(15-17-8-6-4-7-9-17)12-11-19(20)24(27)28-22(23)14-18;/h4,6-9,13-14,26H,2-3,5,10-12,15-16H2,1H3;1H. The summed E-state index contributed by atoms with van der Waals surface area (Å²) in [6, 6.07) is 14.1. The summed E-state index contributed by atoms with van der Waals surface area (Å²) >= 11 is 0. The van der Waals surface area contributed by atoms with E-state index in [1.807, 2.05) is 30.3 Å². The molecule has 0 amide bonds. The number of hydrogen-bond acceptors (Lipinski definition) is 4. The third kappa shape index (κ3) is 4.65. The lowest BCUT2D eigenvalue weighted by atomic mass is 9.95. The van der Waals surface area contributed by atoms with Crippen LogP contribution in [-0.2, 0) is 25.9 Å². The zero-order valence-electron chi connectivity index (χ0n) is 16.8. The van der Waals surface area contributed by atoms with E-state index in [1.54, 1.807) is 0 Å². The van der Waals surface area contributed by atoms with Crippen molar-refractivity contribution in [1.82, 2.24) is 4.90 Å². The second-order valence-corrected chi connectivity index (χ2v) is 7.74. The third-order valence-corrected chi connectivity index (χ3v) is 5.63. The Morgan fingerprint density at radius 1 is 1.07 bits per heavy atom. The molecule has 2 aromatic carbocycles. The first-order chi connectivity index (χ1) is 13.7. The van der Waals surface area contributed by atoms with Crippen LogP contribution in [0.25, 0.3) is 11.0 Å². The van der Waals surface area contributed by atoms with Gasteiger partial charge in [-0.2, -0.15) is 0 Å². The van der Waals surface area contributed by atoms with Crippen LogP contribution in [0, 0.1) is 0 Å². The molecule has 0 bridgehead atoms. The topological polar surface area (TPSA) is 53.7 Å². The Bertz CT molecular complexity index is 1030. The Hall–Kier alpha value is -2.30. The molecule has 0 spiro atoms. The van der Waals surface area contributed by atoms with Crippen LogP contribution in [-0.4, -0.2) is 16.6 Å². The van der Waals surface area contributed by atoms with Gasteiger partial charge < -0.3 is 9.52 Å². The first-order valence-corrected chi connectivity index (χ1v) is 10.2. The lowest BCUT2D eigenvalue weighted by Gasteiger charge is -2.29. The molecule has 0 fully saturated rings. The van der Waals surface area contributed by atoms with Crippen molar-refractivity contribution >= 4 is 23.4 Å². The van der Waals surface area contributed by atoms with Gasteiger partial charge >= 0.3 is 5.63 Å². The van der Waals surface area contributed by atoms with Crippen LogP contribution in [0.3, 0.4) is 0 Å². The first-order valence-electron chi connectivity index (χ1n) is 10.2. The Kier molecular flexibility index (Phi) is 6.99. The molecule has 0 saturated heterocycles. The Balaban J connectivity index is 0.00000240. The summed E-state index contributed by atoms with van der Waals surface area (Å²) in [5.74, 6) is 0.227. The van der Waals surface area contributed by atoms with Gasteiger partial charge in [-0.1, -0.05) is 50.1 Å². The molecule has 0 atom stereocenters. The number of phenolic OH excluding ortho intramolecular Hbond substituents is 1. The van der Waals surface area contributed by atoms with Gasteiger partial charge in [0, 0.05) is 25.2 Å². The first kappa shape index (κ1) is 21.4. The van der Waals surface area contributed by atoms with E-state index in [4.69, 9.17) is 4.42 Å². The van der Waals surface area contributed by atoms with Crippen molar-refractivity contribution in [2.75, 3.05) is 6.54 Å². The molecule has 2 heterocycles. The van der Waals surface area contributed by atoms with Crippen LogP contribution in [0.4, 0.5) is 0 Å². The minimum atomic E-state index is -0.257. The van der Waals surface area contributed by atoms with E-state index in [2.05, 4.69) is 24.0 Å². The number of halogens is 1. The minimum absolute atomic E-state index is 0. The molecule has 3 aromatic rings. The Morgan fingerprint density at radius 2 is 1.86 bits per heavy atom. The molecule has 1 aliphatic heterocycles. The lowest BCUT2D eigenvalue weighted by molar-refractivity contribution is 0.243. The fourth-order valence-electron chi connectivity index (χ4n) is 4.18. The second kappa shape index (κ2) is 9.47. The van der Waals surface area contributed by atoms with Gasteiger partial charge in [-0.3, -0.25) is 4.90 Å². The zero-order valence-corrected chi connectivity index (χ0v) is 17.6. The van der Waals surface area contributed by atoms with E-state index >= 15 is 0 Å². The van der Waals surface area contributed by atoms with Crippen LogP contribution >= 0.6 is 12.4 Å². The highest BCUT2D eigenvalue weighted by atomic mass is 35.5. The predicted molar refractivity (Wildman–Crippen MR) is 119 cm³/mol. The van der Waals surface area contributed by atoms with Gasteiger partial charge in [0.2, 0.25) is 0 Å². The average Bonchev–Trinajstić information content (AvgIpc) is 2.68. The van der Waals surface area contributed by atoms with Gasteiger partial charge in [0.05, 0.1) is 5.39 Å². The number of nitrogens with zero attached hydrogens (tertiary/aromatic N) is 1. The molecule has 4 nitrogen and oxygen atoms in total. The Morgan fingerprint density at radius 3 is 2.62 bits per heavy atom. The highest BCUT2D eigenvalue weighted by Gasteiger charge is 2.24. The molecular formula is C24H28ClNO3. The molecule has 154 valence electrons. The van der Waals surface area contributed by atoms with Crippen molar-refractivity contribution in [2.45, 2.75) is 52.1 Å². The molecule has 0 saturated carbocycles. The van der Waals surface area contributed by atoms with Crippen molar-refractivity contribution in [3.05, 3.63) is 75.1 Å². The molecule has 5 heteroatoms. The summed E-state index contributed by atoms with van der Waals surface area (Å²) in [5, 5.41) is 11.5. The van der Waals surface area contributed by atoms with E-state index in [1.165, 1.54) is 5.56 Å². The largest absolute Gasteiger partial charge is 0.507 e. The highest BCUT2D eigenvalue weighted by Crippen LogP contribution is 2.34. The molecule has 1 N–H and O–H groups in total. The third-order valence-electron chi connectivity index (χ3n) is 5.63. The molecular weight excluding hydrogens is 386 g/mol. The molecule has 1 aliphatic rings. The number of unbranched alkanes of at least 4 members (excludes halogenated alkanes) is 2. The molecule has 29 heavy (non-hydrogen) atoms. The predicted octanol–water partition coefficient (Wildman–Crippen LogP) is 5.21. The monoisotopic (exact) mass is 413 g/mol. The average molecular weight is 414 g/mol. The number of hydrogen-bond donors (Lipinski definition) is 1. The zero-order chi connectivity index (χ0) is 19.5. The van der Waals surface area contributed by atoms with E-state index in [0.717, 1.165) is 49.9 Å². The summed E-state index contributed by atoms with van der Waals surface area (Å²) in [5.41, 5.74) is 4.17. The summed E-state index contributed by atoms with van der Waals surface area (Å²) in [4.78, 5) is 14.9. The highest BCUT2D eigenvalue weighted by molar-refractivity contribution is 5.88. The minimum Gasteiger partial charge on any atom is -0.507 e. The quantitative estimate of drug-likeness (QED) is 0.445. The van der Waals surface area contributed by atoms with Crippen LogP contribution in [0.15, 0.2) is 51.7 Å². The van der Waals surface area contributed by atoms with E-state index < -0.39 is 0 Å². The number of benzene rings is 2. The maximum Gasteiger partial charge on any atom is 0.339 e. The van der Waals surface area contributed by atoms with E-state index in [9.17, 15) is 9.90 Å². The van der Waals surface area contributed by atoms with Gasteiger partial charge in [-0.15, -0.1) is 12.4 Å². The van der Waals surface area contributed by atoms with Gasteiger partial charge in [0.15, 0.2) is 0 Å². The lowest BCUT2D eigenvalue weighted by Crippen LogP contribution is -2.33. The summed E-state index contributed by atoms with van der Waals surface area (Å²) < 4.78 is 5.61. The molecule has 0 unspecified atom stereocenters. The molecule has 0 radical (unpaired) electrons. The Labute approximate surface area is 177 Å². The fraction of sp³-hybridized carbons (Fsp3) is 0.375. The molecule has 1 aromatic heterocycles. The van der Waals surface area contributed by atoms with Crippen LogP contribution in [0.2, 0.25) is 0 Å². The normalized spacial score (nSPS) is 13.8. The van der Waals surface area contributed by atoms with Crippen LogP contribution < -0.4 is 5.63 Å². The van der Waals surface area contributed by atoms with Crippen LogP contribution in [0.1, 0.15) is 48.4 Å². The van der Waals surface area contributed by atoms with Gasteiger partial charge in [0.25, 0.3) is 0 Å².